The largest absolute Gasteiger partial charge is 0.382 e. The summed E-state index contributed by atoms with van der Waals surface area (Å²) in [5.74, 6) is 2.18. The molecule has 2 rings (SSSR count). The second kappa shape index (κ2) is 4.22. The van der Waals surface area contributed by atoms with Crippen molar-refractivity contribution < 1.29 is 0 Å². The van der Waals surface area contributed by atoms with Gasteiger partial charge in [0.25, 0.3) is 0 Å². The maximum Gasteiger partial charge on any atom is 0.171 e. The summed E-state index contributed by atoms with van der Waals surface area (Å²) in [5.41, 5.74) is 6.81. The van der Waals surface area contributed by atoms with Crippen molar-refractivity contribution in [3.8, 4) is 0 Å². The van der Waals surface area contributed by atoms with Crippen molar-refractivity contribution in [3.63, 3.8) is 0 Å². The number of nitrogens with one attached hydrogen (secondary N) is 1. The number of anilines is 2. The van der Waals surface area contributed by atoms with Crippen LogP contribution in [0.2, 0.25) is 0 Å². The van der Waals surface area contributed by atoms with Crippen LogP contribution in [0.15, 0.2) is 24.4 Å². The molecular formula is C11H15N5. The molecule has 0 radical (unpaired) electrons. The van der Waals surface area contributed by atoms with Gasteiger partial charge in [-0.3, -0.25) is 4.98 Å². The van der Waals surface area contributed by atoms with E-state index in [9.17, 15) is 0 Å². The molecule has 0 saturated carbocycles. The van der Waals surface area contributed by atoms with Gasteiger partial charge in [-0.25, -0.2) is 4.98 Å². The molecule has 0 amide bonds. The van der Waals surface area contributed by atoms with Gasteiger partial charge in [0, 0.05) is 13.2 Å². The molecule has 0 atom stereocenters. The highest BCUT2D eigenvalue weighted by molar-refractivity contribution is 5.58. The zero-order chi connectivity index (χ0) is 11.5. The van der Waals surface area contributed by atoms with E-state index in [1.54, 1.807) is 6.20 Å². The van der Waals surface area contributed by atoms with Crippen molar-refractivity contribution in [1.29, 1.82) is 0 Å². The Hall–Kier alpha value is -2.04. The van der Waals surface area contributed by atoms with Crippen molar-refractivity contribution in [2.75, 3.05) is 17.7 Å². The van der Waals surface area contributed by atoms with Gasteiger partial charge in [0.2, 0.25) is 0 Å². The minimum Gasteiger partial charge on any atom is -0.382 e. The Kier molecular flexibility index (Phi) is 2.76. The van der Waals surface area contributed by atoms with Gasteiger partial charge in [0.1, 0.15) is 11.6 Å². The van der Waals surface area contributed by atoms with Gasteiger partial charge >= 0.3 is 0 Å². The van der Waals surface area contributed by atoms with Gasteiger partial charge in [0.15, 0.2) is 5.82 Å². The fraction of sp³-hybridized carbons (Fsp3) is 0.273. The third-order valence-electron chi connectivity index (χ3n) is 2.32. The van der Waals surface area contributed by atoms with Crippen molar-refractivity contribution >= 4 is 11.6 Å². The number of nitrogens with two attached hydrogens (primary N) is 1. The Balaban J connectivity index is 2.14. The van der Waals surface area contributed by atoms with Crippen LogP contribution >= 0.6 is 0 Å². The lowest BCUT2D eigenvalue weighted by molar-refractivity contribution is 0.870. The molecule has 0 bridgehead atoms. The molecule has 5 nitrogen and oxygen atoms in total. The SMILES string of the molecule is Cc1nc(N(C)Cc2ccccn2)c(N)[nH]1. The Morgan fingerprint density at radius 3 is 2.81 bits per heavy atom. The third-order valence-corrected chi connectivity index (χ3v) is 2.32. The second-order valence-electron chi connectivity index (χ2n) is 3.74. The molecule has 0 fully saturated rings. The highest BCUT2D eigenvalue weighted by atomic mass is 15.2. The number of nitrogen functional groups attached to an aromatic ring is 1. The molecule has 3 N–H and O–H groups in total. The average molecular weight is 217 g/mol. The minimum atomic E-state index is 0.593. The number of pyridine rings is 1. The normalized spacial score (nSPS) is 10.4. The van der Waals surface area contributed by atoms with Crippen LogP contribution in [0.5, 0.6) is 0 Å². The molecular weight excluding hydrogens is 202 g/mol. The molecule has 0 aliphatic carbocycles. The quantitative estimate of drug-likeness (QED) is 0.813. The van der Waals surface area contributed by atoms with Crippen LogP contribution in [0.1, 0.15) is 11.5 Å². The first-order valence-corrected chi connectivity index (χ1v) is 5.10. The summed E-state index contributed by atoms with van der Waals surface area (Å²) in [6, 6.07) is 5.85. The Bertz CT molecular complexity index is 462. The van der Waals surface area contributed by atoms with E-state index in [0.29, 0.717) is 12.4 Å². The summed E-state index contributed by atoms with van der Waals surface area (Å²) in [5, 5.41) is 0. The van der Waals surface area contributed by atoms with Crippen molar-refractivity contribution in [1.82, 2.24) is 15.0 Å². The lowest BCUT2D eigenvalue weighted by Gasteiger charge is -2.16. The minimum absolute atomic E-state index is 0.593. The maximum atomic E-state index is 5.82. The number of nitrogens with zero attached hydrogens (tertiary/aromatic N) is 3. The number of H-pyrrole nitrogens is 1. The first-order chi connectivity index (χ1) is 7.66. The molecule has 5 heteroatoms. The fourth-order valence-corrected chi connectivity index (χ4v) is 1.60. The highest BCUT2D eigenvalue weighted by Gasteiger charge is 2.10. The molecule has 0 aliphatic rings. The van der Waals surface area contributed by atoms with Gasteiger partial charge in [0.05, 0.1) is 12.2 Å². The van der Waals surface area contributed by atoms with Gasteiger partial charge in [-0.15, -0.1) is 0 Å². The predicted octanol–water partition coefficient (Wildman–Crippen LogP) is 1.33. The molecule has 2 aromatic heterocycles. The van der Waals surface area contributed by atoms with Crippen LogP contribution in [0.4, 0.5) is 11.6 Å². The number of hydrogen-bond donors (Lipinski definition) is 2. The van der Waals surface area contributed by atoms with Crippen LogP contribution < -0.4 is 10.6 Å². The standard InChI is InChI=1S/C11H15N5/c1-8-14-10(12)11(15-8)16(2)7-9-5-3-4-6-13-9/h3-6H,7,12H2,1-2H3,(H,14,15). The predicted molar refractivity (Wildman–Crippen MR) is 64.1 cm³/mol. The summed E-state index contributed by atoms with van der Waals surface area (Å²) in [7, 11) is 1.95. The van der Waals surface area contributed by atoms with E-state index in [1.165, 1.54) is 0 Å². The van der Waals surface area contributed by atoms with Crippen molar-refractivity contribution in [2.24, 2.45) is 0 Å². The Morgan fingerprint density at radius 1 is 1.44 bits per heavy atom. The summed E-state index contributed by atoms with van der Waals surface area (Å²) >= 11 is 0. The zero-order valence-electron chi connectivity index (χ0n) is 9.44. The molecule has 2 aromatic rings. The number of aryl methyl sites for hydroxylation is 1. The maximum absolute atomic E-state index is 5.82. The zero-order valence-corrected chi connectivity index (χ0v) is 9.44. The highest BCUT2D eigenvalue weighted by Crippen LogP contribution is 2.19. The molecule has 2 heterocycles. The van der Waals surface area contributed by atoms with E-state index < -0.39 is 0 Å². The summed E-state index contributed by atoms with van der Waals surface area (Å²) in [6.07, 6.45) is 1.78. The molecule has 84 valence electrons. The van der Waals surface area contributed by atoms with E-state index in [2.05, 4.69) is 15.0 Å². The van der Waals surface area contributed by atoms with E-state index in [4.69, 9.17) is 5.73 Å². The number of aromatic nitrogens is 3. The summed E-state index contributed by atoms with van der Waals surface area (Å²) in [6.45, 7) is 2.57. The van der Waals surface area contributed by atoms with Gasteiger partial charge < -0.3 is 15.6 Å². The lowest BCUT2D eigenvalue weighted by Crippen LogP contribution is -2.18. The van der Waals surface area contributed by atoms with Crippen LogP contribution in [0.25, 0.3) is 0 Å². The van der Waals surface area contributed by atoms with Crippen LogP contribution in [0, 0.1) is 6.92 Å². The number of imidazole rings is 1. The molecule has 0 spiro atoms. The first-order valence-electron chi connectivity index (χ1n) is 5.10. The third kappa shape index (κ3) is 2.13. The monoisotopic (exact) mass is 217 g/mol. The first kappa shape index (κ1) is 10.5. The smallest absolute Gasteiger partial charge is 0.171 e. The fourth-order valence-electron chi connectivity index (χ4n) is 1.60. The molecule has 0 aromatic carbocycles. The van der Waals surface area contributed by atoms with Gasteiger partial charge in [-0.2, -0.15) is 0 Å². The summed E-state index contributed by atoms with van der Waals surface area (Å²) < 4.78 is 0. The van der Waals surface area contributed by atoms with E-state index in [-0.39, 0.29) is 0 Å². The van der Waals surface area contributed by atoms with Gasteiger partial charge in [-0.1, -0.05) is 6.07 Å². The molecule has 0 aliphatic heterocycles. The number of rotatable bonds is 3. The second-order valence-corrected chi connectivity index (χ2v) is 3.74. The van der Waals surface area contributed by atoms with Crippen LogP contribution in [-0.4, -0.2) is 22.0 Å². The van der Waals surface area contributed by atoms with Gasteiger partial charge in [-0.05, 0) is 19.1 Å². The van der Waals surface area contributed by atoms with Crippen LogP contribution in [0.3, 0.4) is 0 Å². The van der Waals surface area contributed by atoms with Crippen molar-refractivity contribution in [2.45, 2.75) is 13.5 Å². The van der Waals surface area contributed by atoms with Crippen molar-refractivity contribution in [3.05, 3.63) is 35.9 Å². The number of hydrogen-bond acceptors (Lipinski definition) is 4. The molecule has 0 saturated heterocycles. The van der Waals surface area contributed by atoms with Crippen LogP contribution in [-0.2, 0) is 6.54 Å². The topological polar surface area (TPSA) is 70.8 Å². The Labute approximate surface area is 94.3 Å². The molecule has 16 heavy (non-hydrogen) atoms. The molecule has 0 unspecified atom stereocenters. The Morgan fingerprint density at radius 2 is 2.25 bits per heavy atom. The van der Waals surface area contributed by atoms with E-state index >= 15 is 0 Å². The lowest BCUT2D eigenvalue weighted by atomic mass is 10.3. The van der Waals surface area contributed by atoms with E-state index in [0.717, 1.165) is 17.3 Å². The average Bonchev–Trinajstić information content (AvgIpc) is 2.59. The number of aromatic amines is 1. The van der Waals surface area contributed by atoms with E-state index in [1.807, 2.05) is 37.1 Å². The summed E-state index contributed by atoms with van der Waals surface area (Å²) in [4.78, 5) is 13.5.